The van der Waals surface area contributed by atoms with E-state index in [4.69, 9.17) is 0 Å². The van der Waals surface area contributed by atoms with Gasteiger partial charge in [0.05, 0.1) is 16.4 Å². The van der Waals surface area contributed by atoms with E-state index in [1.807, 2.05) is 30.3 Å². The first-order valence-corrected chi connectivity index (χ1v) is 9.48. The lowest BCUT2D eigenvalue weighted by Gasteiger charge is -2.34. The summed E-state index contributed by atoms with van der Waals surface area (Å²) in [5.74, 6) is 0.0840. The molecule has 5 heteroatoms. The molecule has 2 fully saturated rings. The van der Waals surface area contributed by atoms with Crippen LogP contribution in [0.15, 0.2) is 30.3 Å². The van der Waals surface area contributed by atoms with Crippen molar-refractivity contribution in [2.45, 2.75) is 49.5 Å². The fourth-order valence-corrected chi connectivity index (χ4v) is 5.63. The minimum absolute atomic E-state index is 0.0245. The molecule has 118 valence electrons. The molecule has 0 bridgehead atoms. The van der Waals surface area contributed by atoms with Crippen molar-refractivity contribution in [3.05, 3.63) is 35.9 Å². The van der Waals surface area contributed by atoms with E-state index in [0.29, 0.717) is 38.5 Å². The fraction of sp³-hybridized carbons (Fsp3) is 0.529. The van der Waals surface area contributed by atoms with Gasteiger partial charge in [-0.3, -0.25) is 9.59 Å². The Morgan fingerprint density at radius 1 is 0.955 bits per heavy atom. The number of carbonyl (C=O) groups excluding carboxylic acids is 2. The van der Waals surface area contributed by atoms with E-state index in [9.17, 15) is 18.0 Å². The first-order valence-electron chi connectivity index (χ1n) is 7.76. The van der Waals surface area contributed by atoms with Gasteiger partial charge >= 0.3 is 0 Å². The molecule has 0 saturated heterocycles. The molecule has 3 rings (SSSR count). The summed E-state index contributed by atoms with van der Waals surface area (Å²) in [6.07, 6.45) is 2.33. The second-order valence-electron chi connectivity index (χ2n) is 6.42. The van der Waals surface area contributed by atoms with Gasteiger partial charge in [0, 0.05) is 12.8 Å². The van der Waals surface area contributed by atoms with Gasteiger partial charge < -0.3 is 0 Å². The highest BCUT2D eigenvalue weighted by molar-refractivity contribution is 7.91. The SMILES string of the molecule is O=C1CCC(=O)C12CCC(S(=O)(=O)Cc1ccccc1)CC2. The van der Waals surface area contributed by atoms with Crippen LogP contribution in [0.4, 0.5) is 0 Å². The van der Waals surface area contributed by atoms with Gasteiger partial charge in [-0.2, -0.15) is 0 Å². The minimum atomic E-state index is -3.24. The van der Waals surface area contributed by atoms with E-state index in [0.717, 1.165) is 5.56 Å². The lowest BCUT2D eigenvalue weighted by Crippen LogP contribution is -2.40. The summed E-state index contributed by atoms with van der Waals surface area (Å²) < 4.78 is 25.1. The van der Waals surface area contributed by atoms with Crippen LogP contribution in [0.1, 0.15) is 44.1 Å². The van der Waals surface area contributed by atoms with Crippen molar-refractivity contribution >= 4 is 21.4 Å². The topological polar surface area (TPSA) is 68.3 Å². The Hall–Kier alpha value is -1.49. The van der Waals surface area contributed by atoms with Crippen molar-refractivity contribution in [1.82, 2.24) is 0 Å². The lowest BCUT2D eigenvalue weighted by molar-refractivity contribution is -0.136. The van der Waals surface area contributed by atoms with Crippen molar-refractivity contribution < 1.29 is 18.0 Å². The fourth-order valence-electron chi connectivity index (χ4n) is 3.79. The van der Waals surface area contributed by atoms with E-state index >= 15 is 0 Å². The summed E-state index contributed by atoms with van der Waals surface area (Å²) in [5.41, 5.74) is -0.0607. The number of benzene rings is 1. The zero-order valence-electron chi connectivity index (χ0n) is 12.5. The van der Waals surface area contributed by atoms with Crippen molar-refractivity contribution in [1.29, 1.82) is 0 Å². The van der Waals surface area contributed by atoms with Crippen LogP contribution >= 0.6 is 0 Å². The zero-order valence-corrected chi connectivity index (χ0v) is 13.3. The quantitative estimate of drug-likeness (QED) is 0.802. The number of ketones is 2. The van der Waals surface area contributed by atoms with Crippen LogP contribution in [0.25, 0.3) is 0 Å². The molecule has 1 aromatic carbocycles. The molecule has 0 aliphatic heterocycles. The summed E-state index contributed by atoms with van der Waals surface area (Å²) in [4.78, 5) is 24.1. The monoisotopic (exact) mass is 320 g/mol. The van der Waals surface area contributed by atoms with Crippen LogP contribution in [0.5, 0.6) is 0 Å². The molecular weight excluding hydrogens is 300 g/mol. The standard InChI is InChI=1S/C17H20O4S/c18-15-6-7-16(19)17(15)10-8-14(9-11-17)22(20,21)12-13-4-2-1-3-5-13/h1-5,14H,6-12H2. The number of rotatable bonds is 3. The molecular formula is C17H20O4S. The van der Waals surface area contributed by atoms with E-state index < -0.39 is 20.5 Å². The Bertz CT molecular complexity index is 665. The predicted octanol–water partition coefficient (Wildman–Crippen LogP) is 2.46. The van der Waals surface area contributed by atoms with Crippen LogP contribution in [0.3, 0.4) is 0 Å². The molecule has 0 aromatic heterocycles. The second-order valence-corrected chi connectivity index (χ2v) is 8.70. The average Bonchev–Trinajstić information content (AvgIpc) is 2.77. The van der Waals surface area contributed by atoms with Gasteiger partial charge in [-0.1, -0.05) is 30.3 Å². The third-order valence-electron chi connectivity index (χ3n) is 5.15. The van der Waals surface area contributed by atoms with Gasteiger partial charge in [-0.25, -0.2) is 8.42 Å². The molecule has 2 saturated carbocycles. The van der Waals surface area contributed by atoms with Crippen LogP contribution in [-0.4, -0.2) is 25.2 Å². The maximum atomic E-state index is 12.6. The molecule has 2 aliphatic rings. The summed E-state index contributed by atoms with van der Waals surface area (Å²) in [7, 11) is -3.24. The van der Waals surface area contributed by atoms with Crippen LogP contribution < -0.4 is 0 Å². The van der Waals surface area contributed by atoms with E-state index in [1.165, 1.54) is 0 Å². The summed E-state index contributed by atoms with van der Waals surface area (Å²) >= 11 is 0. The molecule has 0 unspecified atom stereocenters. The Morgan fingerprint density at radius 2 is 1.50 bits per heavy atom. The van der Waals surface area contributed by atoms with E-state index in [2.05, 4.69) is 0 Å². The zero-order chi connectivity index (χ0) is 15.8. The van der Waals surface area contributed by atoms with Crippen molar-refractivity contribution in [2.75, 3.05) is 0 Å². The number of carbonyl (C=O) groups is 2. The molecule has 1 spiro atoms. The Labute approximate surface area is 130 Å². The Balaban J connectivity index is 1.71. The third kappa shape index (κ3) is 2.62. The highest BCUT2D eigenvalue weighted by atomic mass is 32.2. The summed E-state index contributed by atoms with van der Waals surface area (Å²) in [6.45, 7) is 0. The van der Waals surface area contributed by atoms with Crippen molar-refractivity contribution in [3.8, 4) is 0 Å². The molecule has 2 aliphatic carbocycles. The lowest BCUT2D eigenvalue weighted by atomic mass is 9.71. The highest BCUT2D eigenvalue weighted by Gasteiger charge is 2.52. The average molecular weight is 320 g/mol. The maximum Gasteiger partial charge on any atom is 0.157 e. The second kappa shape index (κ2) is 5.61. The van der Waals surface area contributed by atoms with Crippen LogP contribution in [0.2, 0.25) is 0 Å². The largest absolute Gasteiger partial charge is 0.299 e. The molecule has 4 nitrogen and oxygen atoms in total. The Morgan fingerprint density at radius 3 is 2.05 bits per heavy atom. The van der Waals surface area contributed by atoms with Crippen LogP contribution in [-0.2, 0) is 25.2 Å². The molecule has 0 atom stereocenters. The molecule has 1 aromatic rings. The smallest absolute Gasteiger partial charge is 0.157 e. The summed E-state index contributed by atoms with van der Waals surface area (Å²) in [5, 5.41) is -0.431. The normalized spacial score (nSPS) is 22.4. The number of hydrogen-bond donors (Lipinski definition) is 0. The van der Waals surface area contributed by atoms with Gasteiger partial charge in [0.2, 0.25) is 0 Å². The van der Waals surface area contributed by atoms with Crippen LogP contribution in [0, 0.1) is 5.41 Å². The Kier molecular flexibility index (Phi) is 3.93. The first-order chi connectivity index (χ1) is 10.4. The maximum absolute atomic E-state index is 12.6. The van der Waals surface area contributed by atoms with Gasteiger partial charge in [0.1, 0.15) is 11.6 Å². The molecule has 0 heterocycles. The number of hydrogen-bond acceptors (Lipinski definition) is 4. The van der Waals surface area contributed by atoms with Gasteiger partial charge in [-0.05, 0) is 31.2 Å². The summed E-state index contributed by atoms with van der Waals surface area (Å²) in [6, 6.07) is 9.14. The molecule has 0 amide bonds. The minimum Gasteiger partial charge on any atom is -0.299 e. The predicted molar refractivity (Wildman–Crippen MR) is 83.0 cm³/mol. The van der Waals surface area contributed by atoms with E-state index in [1.54, 1.807) is 0 Å². The molecule has 0 N–H and O–H groups in total. The number of sulfone groups is 1. The van der Waals surface area contributed by atoms with Gasteiger partial charge in [0.25, 0.3) is 0 Å². The number of Topliss-reactive ketones (excluding diaryl/α,β-unsaturated/α-hetero) is 2. The van der Waals surface area contributed by atoms with Crippen molar-refractivity contribution in [2.24, 2.45) is 5.41 Å². The first kappa shape index (κ1) is 15.4. The van der Waals surface area contributed by atoms with Gasteiger partial charge in [0.15, 0.2) is 9.84 Å². The molecule has 0 radical (unpaired) electrons. The van der Waals surface area contributed by atoms with Gasteiger partial charge in [-0.15, -0.1) is 0 Å². The third-order valence-corrected chi connectivity index (χ3v) is 7.37. The highest BCUT2D eigenvalue weighted by Crippen LogP contribution is 2.45. The van der Waals surface area contributed by atoms with E-state index in [-0.39, 0.29) is 17.3 Å². The van der Waals surface area contributed by atoms with Crippen molar-refractivity contribution in [3.63, 3.8) is 0 Å². The molecule has 22 heavy (non-hydrogen) atoms.